The largest absolute Gasteiger partial charge is 0.385 e. The van der Waals surface area contributed by atoms with Gasteiger partial charge in [-0.05, 0) is 6.92 Å². The van der Waals surface area contributed by atoms with Crippen molar-refractivity contribution in [3.05, 3.63) is 46.0 Å². The molecule has 3 rings (SSSR count). The van der Waals surface area contributed by atoms with Gasteiger partial charge in [-0.1, -0.05) is 30.3 Å². The fourth-order valence-electron chi connectivity index (χ4n) is 2.80. The molecule has 126 valence electrons. The molecule has 2 N–H and O–H groups in total. The van der Waals surface area contributed by atoms with Crippen molar-refractivity contribution in [2.45, 2.75) is 43.4 Å². The van der Waals surface area contributed by atoms with Gasteiger partial charge in [-0.25, -0.2) is 0 Å². The van der Waals surface area contributed by atoms with Gasteiger partial charge >= 0.3 is 0 Å². The molecular formula is C14H17NO8. The molecule has 0 radical (unpaired) electrons. The Labute approximate surface area is 131 Å². The fraction of sp³-hybridized carbons (Fsp3) is 0.571. The van der Waals surface area contributed by atoms with Crippen LogP contribution < -0.4 is 0 Å². The summed E-state index contributed by atoms with van der Waals surface area (Å²) in [5, 5.41) is 29.9. The first-order chi connectivity index (χ1) is 10.9. The van der Waals surface area contributed by atoms with Gasteiger partial charge in [0.15, 0.2) is 18.2 Å². The summed E-state index contributed by atoms with van der Waals surface area (Å²) in [7, 11) is 0. The van der Waals surface area contributed by atoms with Crippen LogP contribution in [0.4, 0.5) is 0 Å². The molecule has 2 aliphatic heterocycles. The van der Waals surface area contributed by atoms with E-state index in [0.29, 0.717) is 0 Å². The maximum absolute atomic E-state index is 10.7. The molecule has 1 unspecified atom stereocenters. The lowest BCUT2D eigenvalue weighted by molar-refractivity contribution is -0.776. The maximum Gasteiger partial charge on any atom is 0.294 e. The van der Waals surface area contributed by atoms with Crippen molar-refractivity contribution in [1.82, 2.24) is 0 Å². The average Bonchev–Trinajstić information content (AvgIpc) is 2.52. The van der Waals surface area contributed by atoms with Gasteiger partial charge in [0.05, 0.1) is 6.61 Å². The highest BCUT2D eigenvalue weighted by molar-refractivity contribution is 5.16. The molecule has 0 amide bonds. The predicted molar refractivity (Wildman–Crippen MR) is 73.4 cm³/mol. The second kappa shape index (κ2) is 6.02. The Kier molecular flexibility index (Phi) is 4.21. The normalized spacial score (nSPS) is 40.2. The smallest absolute Gasteiger partial charge is 0.294 e. The summed E-state index contributed by atoms with van der Waals surface area (Å²) in [6.07, 6.45) is -5.58. The Hall–Kier alpha value is -1.78. The zero-order valence-corrected chi connectivity index (χ0v) is 12.3. The average molecular weight is 327 g/mol. The Balaban J connectivity index is 1.83. The van der Waals surface area contributed by atoms with E-state index >= 15 is 0 Å². The van der Waals surface area contributed by atoms with Crippen molar-refractivity contribution in [2.75, 3.05) is 6.61 Å². The molecule has 0 aliphatic carbocycles. The first-order valence-electron chi connectivity index (χ1n) is 7.10. The lowest BCUT2D eigenvalue weighted by Gasteiger charge is -2.49. The quantitative estimate of drug-likeness (QED) is 0.594. The molecule has 23 heavy (non-hydrogen) atoms. The standard InChI is InChI=1S/C14H17NO8/c1-14(17)12(16)11(23-15(18)19)10-9(22-14)7-20-13(21-10)8-5-3-2-4-6-8/h2-6,9-13,16-17H,7H2,1H3/t9-,10-,11+,12-,13?,14+/m1/s1. The van der Waals surface area contributed by atoms with Crippen LogP contribution in [0.3, 0.4) is 0 Å². The molecule has 1 aromatic carbocycles. The van der Waals surface area contributed by atoms with Crippen LogP contribution in [0.5, 0.6) is 0 Å². The van der Waals surface area contributed by atoms with Gasteiger partial charge < -0.3 is 29.3 Å². The third-order valence-corrected chi connectivity index (χ3v) is 3.91. The van der Waals surface area contributed by atoms with Gasteiger partial charge in [-0.2, -0.15) is 0 Å². The first-order valence-corrected chi connectivity index (χ1v) is 7.10. The van der Waals surface area contributed by atoms with Gasteiger partial charge in [0.1, 0.15) is 18.3 Å². The molecule has 0 spiro atoms. The number of hydrogen-bond acceptors (Lipinski definition) is 8. The van der Waals surface area contributed by atoms with Crippen molar-refractivity contribution in [1.29, 1.82) is 0 Å². The zero-order valence-electron chi connectivity index (χ0n) is 12.3. The van der Waals surface area contributed by atoms with Crippen LogP contribution in [0.1, 0.15) is 18.8 Å². The van der Waals surface area contributed by atoms with Gasteiger partial charge in [0, 0.05) is 5.56 Å². The highest BCUT2D eigenvalue weighted by Crippen LogP contribution is 2.37. The van der Waals surface area contributed by atoms with Crippen LogP contribution in [0.2, 0.25) is 0 Å². The second-order valence-electron chi connectivity index (χ2n) is 5.63. The predicted octanol–water partition coefficient (Wildman–Crippen LogP) is 0.146. The van der Waals surface area contributed by atoms with E-state index in [-0.39, 0.29) is 6.61 Å². The fourth-order valence-corrected chi connectivity index (χ4v) is 2.80. The first kappa shape index (κ1) is 16.1. The Morgan fingerprint density at radius 3 is 2.74 bits per heavy atom. The Bertz CT molecular complexity index is 565. The van der Waals surface area contributed by atoms with Gasteiger partial charge in [-0.15, -0.1) is 10.1 Å². The minimum atomic E-state index is -2.01. The van der Waals surface area contributed by atoms with E-state index in [1.165, 1.54) is 6.92 Å². The van der Waals surface area contributed by atoms with E-state index in [1.54, 1.807) is 24.3 Å². The molecule has 0 bridgehead atoms. The van der Waals surface area contributed by atoms with Gasteiger partial charge in [0.25, 0.3) is 5.09 Å². The number of aliphatic hydroxyl groups excluding tert-OH is 1. The van der Waals surface area contributed by atoms with Crippen molar-refractivity contribution >= 4 is 0 Å². The van der Waals surface area contributed by atoms with Crippen LogP contribution in [0.25, 0.3) is 0 Å². The topological polar surface area (TPSA) is 121 Å². The minimum Gasteiger partial charge on any atom is -0.385 e. The summed E-state index contributed by atoms with van der Waals surface area (Å²) < 4.78 is 16.6. The van der Waals surface area contributed by atoms with E-state index < -0.39 is 41.6 Å². The summed E-state index contributed by atoms with van der Waals surface area (Å²) in [5.41, 5.74) is 0.720. The second-order valence-corrected chi connectivity index (χ2v) is 5.63. The molecule has 2 aliphatic rings. The molecule has 0 aromatic heterocycles. The van der Waals surface area contributed by atoms with Crippen molar-refractivity contribution < 1.29 is 34.3 Å². The van der Waals surface area contributed by atoms with E-state index in [1.807, 2.05) is 6.07 Å². The Morgan fingerprint density at radius 1 is 1.39 bits per heavy atom. The minimum absolute atomic E-state index is 0.0324. The third kappa shape index (κ3) is 3.14. The monoisotopic (exact) mass is 327 g/mol. The summed E-state index contributed by atoms with van der Waals surface area (Å²) in [5.74, 6) is -2.01. The maximum atomic E-state index is 10.7. The lowest BCUT2D eigenvalue weighted by atomic mass is 9.92. The molecule has 2 heterocycles. The third-order valence-electron chi connectivity index (χ3n) is 3.91. The molecule has 9 heteroatoms. The number of benzene rings is 1. The SMILES string of the molecule is C[C@]1(O)O[C@@H]2COC(c3ccccc3)O[C@H]2[C@H](O[N+](=O)[O-])[C@H]1O. The molecule has 0 saturated carbocycles. The summed E-state index contributed by atoms with van der Waals surface area (Å²) in [4.78, 5) is 15.3. The lowest BCUT2D eigenvalue weighted by Crippen LogP contribution is -2.67. The van der Waals surface area contributed by atoms with Crippen LogP contribution >= 0.6 is 0 Å². The van der Waals surface area contributed by atoms with Crippen LogP contribution in [0.15, 0.2) is 30.3 Å². The van der Waals surface area contributed by atoms with E-state index in [4.69, 9.17) is 14.2 Å². The van der Waals surface area contributed by atoms with Crippen LogP contribution in [0, 0.1) is 10.1 Å². The highest BCUT2D eigenvalue weighted by atomic mass is 17.0. The van der Waals surface area contributed by atoms with Crippen molar-refractivity contribution in [3.8, 4) is 0 Å². The Morgan fingerprint density at radius 2 is 2.09 bits per heavy atom. The zero-order chi connectivity index (χ0) is 16.6. The number of ether oxygens (including phenoxy) is 3. The summed E-state index contributed by atoms with van der Waals surface area (Å²) in [6, 6.07) is 9.00. The molecule has 6 atom stereocenters. The van der Waals surface area contributed by atoms with Crippen LogP contribution in [-0.2, 0) is 19.0 Å². The van der Waals surface area contributed by atoms with E-state index in [2.05, 4.69) is 4.84 Å². The van der Waals surface area contributed by atoms with Gasteiger partial charge in [-0.3, -0.25) is 0 Å². The van der Waals surface area contributed by atoms with E-state index in [0.717, 1.165) is 5.56 Å². The summed E-state index contributed by atoms with van der Waals surface area (Å²) >= 11 is 0. The summed E-state index contributed by atoms with van der Waals surface area (Å²) in [6.45, 7) is 1.23. The van der Waals surface area contributed by atoms with Crippen LogP contribution in [-0.4, -0.2) is 52.1 Å². The molecular weight excluding hydrogens is 310 g/mol. The van der Waals surface area contributed by atoms with Crippen molar-refractivity contribution in [3.63, 3.8) is 0 Å². The number of aliphatic hydroxyl groups is 2. The number of nitrogens with zero attached hydrogens (tertiary/aromatic N) is 1. The number of hydrogen-bond donors (Lipinski definition) is 2. The van der Waals surface area contributed by atoms with Gasteiger partial charge in [0.2, 0.25) is 0 Å². The number of rotatable bonds is 3. The number of fused-ring (bicyclic) bond motifs is 1. The highest BCUT2D eigenvalue weighted by Gasteiger charge is 2.55. The molecule has 2 saturated heterocycles. The molecule has 2 fully saturated rings. The van der Waals surface area contributed by atoms with Crippen molar-refractivity contribution in [2.24, 2.45) is 0 Å². The molecule has 1 aromatic rings. The molecule has 9 nitrogen and oxygen atoms in total. The van der Waals surface area contributed by atoms with E-state index in [9.17, 15) is 20.3 Å².